The number of carbonyl (C=O) groups excluding carboxylic acids is 2. The van der Waals surface area contributed by atoms with Crippen molar-refractivity contribution in [3.63, 3.8) is 0 Å². The van der Waals surface area contributed by atoms with Crippen LogP contribution in [0.2, 0.25) is 0 Å². The van der Waals surface area contributed by atoms with Gasteiger partial charge in [0.05, 0.1) is 17.4 Å². The quantitative estimate of drug-likeness (QED) is 0.264. The van der Waals surface area contributed by atoms with Gasteiger partial charge in [-0.05, 0) is 55.7 Å². The first-order valence-corrected chi connectivity index (χ1v) is 16.3. The van der Waals surface area contributed by atoms with Gasteiger partial charge in [-0.2, -0.15) is 18.4 Å². The second kappa shape index (κ2) is 14.7. The van der Waals surface area contributed by atoms with Crippen LogP contribution >= 0.6 is 0 Å². The summed E-state index contributed by atoms with van der Waals surface area (Å²) in [6.07, 6.45) is -1.76. The Bertz CT molecular complexity index is 1490. The van der Waals surface area contributed by atoms with Gasteiger partial charge in [-0.1, -0.05) is 12.1 Å². The lowest BCUT2D eigenvalue weighted by molar-refractivity contribution is -0.144. The Hall–Kier alpha value is -4.17. The molecule has 45 heavy (non-hydrogen) atoms. The summed E-state index contributed by atoms with van der Waals surface area (Å²) in [6.45, 7) is 1.88. The molecular formula is C28H36F3N9O4S. The number of alkyl halides is 3. The van der Waals surface area contributed by atoms with E-state index in [-0.39, 0.29) is 35.8 Å². The Morgan fingerprint density at radius 1 is 0.978 bits per heavy atom. The fourth-order valence-corrected chi connectivity index (χ4v) is 5.58. The Kier molecular flexibility index (Phi) is 11.0. The number of nitrogens with two attached hydrogens (primary N) is 1. The van der Waals surface area contributed by atoms with Crippen LogP contribution in [0.25, 0.3) is 0 Å². The number of hydrogen-bond donors (Lipinski definition) is 4. The number of aromatic nitrogens is 2. The number of sulfonamides is 1. The van der Waals surface area contributed by atoms with E-state index < -0.39 is 34.1 Å². The largest absolute Gasteiger partial charge is 0.451 e. The van der Waals surface area contributed by atoms with E-state index >= 15 is 0 Å². The van der Waals surface area contributed by atoms with Crippen LogP contribution in [0.4, 0.5) is 29.6 Å². The molecule has 2 aliphatic rings. The van der Waals surface area contributed by atoms with Gasteiger partial charge in [0.1, 0.15) is 17.7 Å². The maximum atomic E-state index is 13.8. The van der Waals surface area contributed by atoms with Gasteiger partial charge in [0.25, 0.3) is 0 Å². The highest BCUT2D eigenvalue weighted by Crippen LogP contribution is 2.34. The first-order valence-electron chi connectivity index (χ1n) is 14.6. The monoisotopic (exact) mass is 651 g/mol. The molecule has 2 aliphatic heterocycles. The van der Waals surface area contributed by atoms with Crippen LogP contribution in [-0.2, 0) is 27.4 Å². The van der Waals surface area contributed by atoms with Crippen molar-refractivity contribution >= 4 is 33.6 Å². The number of hydrogen-bond acceptors (Lipinski definition) is 9. The van der Waals surface area contributed by atoms with E-state index in [9.17, 15) is 31.2 Å². The van der Waals surface area contributed by atoms with Crippen molar-refractivity contribution in [1.29, 1.82) is 5.26 Å². The van der Waals surface area contributed by atoms with E-state index in [2.05, 4.69) is 25.9 Å². The number of rotatable bonds is 12. The molecule has 2 fully saturated rings. The normalized spacial score (nSPS) is 17.3. The molecule has 0 aliphatic carbocycles. The summed E-state index contributed by atoms with van der Waals surface area (Å²) in [6, 6.07) is 9.40. The second-order valence-corrected chi connectivity index (χ2v) is 12.8. The molecule has 2 aromatic rings. The van der Waals surface area contributed by atoms with Gasteiger partial charge in [0.2, 0.25) is 21.8 Å². The van der Waals surface area contributed by atoms with Crippen LogP contribution in [-0.4, -0.2) is 81.4 Å². The van der Waals surface area contributed by atoms with Crippen LogP contribution in [0.15, 0.2) is 30.3 Å². The molecule has 0 spiro atoms. The Balaban J connectivity index is 1.30. The van der Waals surface area contributed by atoms with Gasteiger partial charge in [-0.3, -0.25) is 4.79 Å². The fraction of sp³-hybridized carbons (Fsp3) is 0.536. The minimum absolute atomic E-state index is 0.0468. The molecule has 1 unspecified atom stereocenters. The van der Waals surface area contributed by atoms with Crippen molar-refractivity contribution in [2.24, 2.45) is 11.1 Å². The number of anilines is 2. The second-order valence-electron chi connectivity index (χ2n) is 11.0. The summed E-state index contributed by atoms with van der Waals surface area (Å²) in [7, 11) is -3.67. The predicted octanol–water partition coefficient (Wildman–Crippen LogP) is 1.50. The molecule has 5 N–H and O–H groups in total. The lowest BCUT2D eigenvalue weighted by Gasteiger charge is -2.41. The van der Waals surface area contributed by atoms with E-state index in [1.54, 1.807) is 21.9 Å². The summed E-state index contributed by atoms with van der Waals surface area (Å²) in [5, 5.41) is 21.7. The van der Waals surface area contributed by atoms with Gasteiger partial charge in [0.15, 0.2) is 0 Å². The predicted molar refractivity (Wildman–Crippen MR) is 160 cm³/mol. The topological polar surface area (TPSA) is 186 Å². The number of benzene rings is 1. The summed E-state index contributed by atoms with van der Waals surface area (Å²) in [5.74, 6) is -1.51. The van der Waals surface area contributed by atoms with E-state index in [4.69, 9.17) is 10.4 Å². The zero-order chi connectivity index (χ0) is 32.6. The van der Waals surface area contributed by atoms with Gasteiger partial charge in [-0.25, -0.2) is 28.3 Å². The summed E-state index contributed by atoms with van der Waals surface area (Å²) < 4.78 is 63.3. The molecule has 1 aromatic heterocycles. The Labute approximate surface area is 259 Å². The van der Waals surface area contributed by atoms with Crippen LogP contribution in [0, 0.1) is 17.2 Å². The fourth-order valence-electron chi connectivity index (χ4n) is 5.20. The van der Waals surface area contributed by atoms with E-state index in [1.165, 1.54) is 6.07 Å². The van der Waals surface area contributed by atoms with Gasteiger partial charge in [0, 0.05) is 45.3 Å². The summed E-state index contributed by atoms with van der Waals surface area (Å²) >= 11 is 0. The molecular weight excluding hydrogens is 615 g/mol. The number of halogens is 3. The van der Waals surface area contributed by atoms with Crippen molar-refractivity contribution in [1.82, 2.24) is 25.9 Å². The van der Waals surface area contributed by atoms with E-state index in [1.807, 2.05) is 18.2 Å². The molecule has 13 nitrogen and oxygen atoms in total. The molecule has 244 valence electrons. The van der Waals surface area contributed by atoms with Gasteiger partial charge >= 0.3 is 12.2 Å². The molecule has 2 saturated heterocycles. The van der Waals surface area contributed by atoms with Crippen LogP contribution in [0.5, 0.6) is 0 Å². The number of piperidine rings is 1. The zero-order valence-corrected chi connectivity index (χ0v) is 25.3. The molecule has 1 atom stereocenters. The molecule has 4 rings (SSSR count). The highest BCUT2D eigenvalue weighted by Gasteiger charge is 2.40. The van der Waals surface area contributed by atoms with Crippen molar-refractivity contribution in [3.05, 3.63) is 47.3 Å². The minimum atomic E-state index is -4.77. The third-order valence-electron chi connectivity index (χ3n) is 7.81. The van der Waals surface area contributed by atoms with E-state index in [0.29, 0.717) is 70.4 Å². The van der Waals surface area contributed by atoms with Crippen LogP contribution in [0.1, 0.15) is 42.6 Å². The number of carbonyl (C=O) groups is 2. The third-order valence-corrected chi connectivity index (χ3v) is 8.59. The molecule has 0 bridgehead atoms. The van der Waals surface area contributed by atoms with Crippen molar-refractivity contribution in [3.8, 4) is 6.07 Å². The lowest BCUT2D eigenvalue weighted by atomic mass is 9.93. The third kappa shape index (κ3) is 9.91. The molecule has 1 aromatic carbocycles. The highest BCUT2D eigenvalue weighted by atomic mass is 32.2. The van der Waals surface area contributed by atoms with Crippen LogP contribution < -0.4 is 30.9 Å². The molecule has 3 heterocycles. The number of nitrogens with one attached hydrogen (secondary N) is 3. The summed E-state index contributed by atoms with van der Waals surface area (Å²) in [4.78, 5) is 35.6. The summed E-state index contributed by atoms with van der Waals surface area (Å²) in [5.41, 5.74) is 1.48. The average molecular weight is 652 g/mol. The Morgan fingerprint density at radius 3 is 2.24 bits per heavy atom. The number of nitriles is 1. The maximum Gasteiger partial charge on any atom is 0.451 e. The number of nitrogens with zero attached hydrogens (tertiary/aromatic N) is 5. The maximum absolute atomic E-state index is 13.8. The Morgan fingerprint density at radius 2 is 1.64 bits per heavy atom. The average Bonchev–Trinajstić information content (AvgIpc) is 2.96. The first kappa shape index (κ1) is 33.7. The highest BCUT2D eigenvalue weighted by molar-refractivity contribution is 7.89. The van der Waals surface area contributed by atoms with E-state index in [0.717, 1.165) is 5.56 Å². The smallest absolute Gasteiger partial charge is 0.356 e. The minimum Gasteiger partial charge on any atom is -0.356 e. The van der Waals surface area contributed by atoms with Crippen molar-refractivity contribution in [2.45, 2.75) is 44.3 Å². The molecule has 0 radical (unpaired) electrons. The number of urea groups is 1. The number of amides is 3. The molecule has 0 saturated carbocycles. The van der Waals surface area contributed by atoms with Crippen molar-refractivity contribution < 1.29 is 31.2 Å². The van der Waals surface area contributed by atoms with Crippen molar-refractivity contribution in [2.75, 3.05) is 54.8 Å². The lowest BCUT2D eigenvalue weighted by Crippen LogP contribution is -2.57. The molecule has 3 amide bonds. The van der Waals surface area contributed by atoms with Gasteiger partial charge in [-0.15, -0.1) is 0 Å². The SMILES string of the molecule is N#Cc1ccc(CCNC(=O)C2CCN2c2cc(N3CCC(CCNC(=O)NCCS(N)(=O)=O)CC3)nc(C(F)(F)F)n2)cc1. The van der Waals surface area contributed by atoms with Crippen LogP contribution in [0.3, 0.4) is 0 Å². The van der Waals surface area contributed by atoms with Gasteiger partial charge < -0.3 is 25.8 Å². The molecule has 17 heteroatoms. The first-order chi connectivity index (χ1) is 21.3. The zero-order valence-electron chi connectivity index (χ0n) is 24.5. The standard InChI is InChI=1S/C28H36F3N9O4S/c29-28(30,31)26-37-23(39-13-7-20(8-14-39)6-11-35-27(42)36-12-16-45(33,43)44)17-24(38-26)40-15-9-22(40)25(41)34-10-5-19-1-3-21(18-32)4-2-19/h1-4,17,20,22H,5-16H2,(H,34,41)(H2,33,43,44)(H2,35,36,42). The number of primary sulfonamides is 1.